The van der Waals surface area contributed by atoms with Crippen LogP contribution in [0.15, 0.2) is 0 Å². The number of rotatable bonds is 2. The summed E-state index contributed by atoms with van der Waals surface area (Å²) in [4.78, 5) is 14.8. The van der Waals surface area contributed by atoms with Crippen LogP contribution in [0.1, 0.15) is 44.9 Å². The van der Waals surface area contributed by atoms with Crippen LogP contribution in [0.25, 0.3) is 0 Å². The fourth-order valence-corrected chi connectivity index (χ4v) is 5.82. The van der Waals surface area contributed by atoms with E-state index in [0.717, 1.165) is 30.7 Å². The normalized spacial score (nSPS) is 50.3. The number of hydrogen-bond donors (Lipinski definition) is 1. The molecule has 1 amide bonds. The van der Waals surface area contributed by atoms with Crippen molar-refractivity contribution in [2.24, 2.45) is 29.4 Å². The van der Waals surface area contributed by atoms with Crippen molar-refractivity contribution in [1.29, 1.82) is 0 Å². The van der Waals surface area contributed by atoms with Gasteiger partial charge in [-0.3, -0.25) is 4.79 Å². The van der Waals surface area contributed by atoms with Crippen molar-refractivity contribution in [2.75, 3.05) is 13.1 Å². The molecule has 0 aromatic carbocycles. The molecule has 0 aromatic rings. The fourth-order valence-electron chi connectivity index (χ4n) is 5.82. The average molecular weight is 248 g/mol. The van der Waals surface area contributed by atoms with Gasteiger partial charge in [0.25, 0.3) is 0 Å². The second-order valence-corrected chi connectivity index (χ2v) is 7.35. The summed E-state index contributed by atoms with van der Waals surface area (Å²) in [6.45, 7) is 1.52. The quantitative estimate of drug-likeness (QED) is 0.809. The summed E-state index contributed by atoms with van der Waals surface area (Å²) < 4.78 is 0. The first-order valence-electron chi connectivity index (χ1n) is 7.72. The van der Waals surface area contributed by atoms with Crippen molar-refractivity contribution in [3.8, 4) is 0 Å². The summed E-state index contributed by atoms with van der Waals surface area (Å²) in [5, 5.41) is 0. The monoisotopic (exact) mass is 248 g/mol. The summed E-state index contributed by atoms with van der Waals surface area (Å²) in [5.74, 6) is 3.25. The Bertz CT molecular complexity index is 343. The summed E-state index contributed by atoms with van der Waals surface area (Å²) >= 11 is 0. The highest BCUT2D eigenvalue weighted by atomic mass is 16.2. The van der Waals surface area contributed by atoms with E-state index in [2.05, 4.69) is 4.90 Å². The Morgan fingerprint density at radius 1 is 1.11 bits per heavy atom. The Morgan fingerprint density at radius 3 is 2.11 bits per heavy atom. The van der Waals surface area contributed by atoms with Gasteiger partial charge in [0.05, 0.1) is 5.92 Å². The molecule has 1 atom stereocenters. The molecule has 2 N–H and O–H groups in total. The SMILES string of the molecule is NCC1CCN(C23CC4CC(CC(C4)C2)C3)C1=O. The number of nitrogens with zero attached hydrogens (tertiary/aromatic N) is 1. The van der Waals surface area contributed by atoms with E-state index in [9.17, 15) is 4.79 Å². The third kappa shape index (κ3) is 1.43. The predicted octanol–water partition coefficient (Wildman–Crippen LogP) is 1.76. The van der Waals surface area contributed by atoms with E-state index in [4.69, 9.17) is 5.73 Å². The van der Waals surface area contributed by atoms with Gasteiger partial charge in [-0.25, -0.2) is 0 Å². The molecule has 5 rings (SSSR count). The van der Waals surface area contributed by atoms with Crippen molar-refractivity contribution >= 4 is 5.91 Å². The molecular weight excluding hydrogens is 224 g/mol. The first-order valence-corrected chi connectivity index (χ1v) is 7.72. The van der Waals surface area contributed by atoms with Crippen molar-refractivity contribution < 1.29 is 4.79 Å². The average Bonchev–Trinajstić information content (AvgIpc) is 2.69. The Hall–Kier alpha value is -0.570. The van der Waals surface area contributed by atoms with Crippen LogP contribution < -0.4 is 5.73 Å². The topological polar surface area (TPSA) is 46.3 Å². The molecule has 100 valence electrons. The van der Waals surface area contributed by atoms with E-state index in [1.165, 1.54) is 38.5 Å². The van der Waals surface area contributed by atoms with E-state index in [0.29, 0.717) is 12.5 Å². The lowest BCUT2D eigenvalue weighted by atomic mass is 9.52. The molecule has 1 heterocycles. The minimum Gasteiger partial charge on any atom is -0.337 e. The van der Waals surface area contributed by atoms with Gasteiger partial charge >= 0.3 is 0 Å². The Labute approximate surface area is 109 Å². The number of amides is 1. The Morgan fingerprint density at radius 2 is 1.67 bits per heavy atom. The van der Waals surface area contributed by atoms with Crippen LogP contribution in [0, 0.1) is 23.7 Å². The molecule has 3 nitrogen and oxygen atoms in total. The molecule has 1 aliphatic heterocycles. The summed E-state index contributed by atoms with van der Waals surface area (Å²) in [6.07, 6.45) is 9.22. The van der Waals surface area contributed by atoms with Gasteiger partial charge in [-0.2, -0.15) is 0 Å². The maximum absolute atomic E-state index is 12.5. The van der Waals surface area contributed by atoms with Crippen LogP contribution in [0.2, 0.25) is 0 Å². The minimum absolute atomic E-state index is 0.123. The van der Waals surface area contributed by atoms with Crippen LogP contribution in [0.5, 0.6) is 0 Å². The van der Waals surface area contributed by atoms with Crippen LogP contribution >= 0.6 is 0 Å². The Balaban J connectivity index is 1.62. The van der Waals surface area contributed by atoms with Crippen molar-refractivity contribution in [3.63, 3.8) is 0 Å². The summed E-state index contributed by atoms with van der Waals surface area (Å²) in [6, 6.07) is 0. The zero-order valence-corrected chi connectivity index (χ0v) is 11.1. The van der Waals surface area contributed by atoms with Crippen LogP contribution in [0.3, 0.4) is 0 Å². The van der Waals surface area contributed by atoms with Crippen molar-refractivity contribution in [1.82, 2.24) is 4.90 Å². The molecule has 4 aliphatic carbocycles. The number of likely N-dealkylation sites (tertiary alicyclic amines) is 1. The van der Waals surface area contributed by atoms with Crippen LogP contribution in [-0.4, -0.2) is 29.4 Å². The van der Waals surface area contributed by atoms with Crippen LogP contribution in [0.4, 0.5) is 0 Å². The number of hydrogen-bond acceptors (Lipinski definition) is 2. The number of carbonyl (C=O) groups is 1. The van der Waals surface area contributed by atoms with Gasteiger partial charge in [0, 0.05) is 18.6 Å². The molecular formula is C15H24N2O. The first kappa shape index (κ1) is 11.3. The predicted molar refractivity (Wildman–Crippen MR) is 69.8 cm³/mol. The second-order valence-electron chi connectivity index (χ2n) is 7.35. The highest BCUT2D eigenvalue weighted by Gasteiger charge is 2.56. The van der Waals surface area contributed by atoms with E-state index < -0.39 is 0 Å². The van der Waals surface area contributed by atoms with Gasteiger partial charge in [-0.05, 0) is 62.7 Å². The van der Waals surface area contributed by atoms with Gasteiger partial charge in [-0.1, -0.05) is 0 Å². The van der Waals surface area contributed by atoms with E-state index in [1.807, 2.05) is 0 Å². The smallest absolute Gasteiger partial charge is 0.227 e. The van der Waals surface area contributed by atoms with Crippen LogP contribution in [-0.2, 0) is 4.79 Å². The summed E-state index contributed by atoms with van der Waals surface area (Å²) in [7, 11) is 0. The minimum atomic E-state index is 0.123. The lowest BCUT2D eigenvalue weighted by Gasteiger charge is -2.60. The molecule has 4 saturated carbocycles. The molecule has 5 aliphatic rings. The Kier molecular flexibility index (Phi) is 2.33. The molecule has 18 heavy (non-hydrogen) atoms. The molecule has 1 saturated heterocycles. The maximum Gasteiger partial charge on any atom is 0.227 e. The fraction of sp³-hybridized carbons (Fsp3) is 0.933. The molecule has 1 unspecified atom stereocenters. The highest BCUT2D eigenvalue weighted by Crippen LogP contribution is 2.58. The summed E-state index contributed by atoms with van der Waals surface area (Å²) in [5.41, 5.74) is 5.99. The lowest BCUT2D eigenvalue weighted by molar-refractivity contribution is -0.147. The maximum atomic E-state index is 12.5. The first-order chi connectivity index (χ1) is 8.70. The largest absolute Gasteiger partial charge is 0.337 e. The van der Waals surface area contributed by atoms with Gasteiger partial charge in [0.2, 0.25) is 5.91 Å². The molecule has 0 spiro atoms. The second kappa shape index (κ2) is 3.72. The van der Waals surface area contributed by atoms with Gasteiger partial charge < -0.3 is 10.6 Å². The van der Waals surface area contributed by atoms with Gasteiger partial charge in [0.15, 0.2) is 0 Å². The third-order valence-corrected chi connectivity index (χ3v) is 6.18. The molecule has 3 heteroatoms. The number of nitrogens with two attached hydrogens (primary N) is 1. The standard InChI is InChI=1S/C15H24N2O/c16-9-13-1-2-17(14(13)18)15-6-10-3-11(7-15)5-12(4-10)8-15/h10-13H,1-9,16H2. The molecule has 4 bridgehead atoms. The van der Waals surface area contributed by atoms with Crippen molar-refractivity contribution in [3.05, 3.63) is 0 Å². The zero-order chi connectivity index (χ0) is 12.3. The lowest BCUT2D eigenvalue weighted by Crippen LogP contribution is -2.60. The van der Waals surface area contributed by atoms with Gasteiger partial charge in [0.1, 0.15) is 0 Å². The van der Waals surface area contributed by atoms with E-state index in [-0.39, 0.29) is 11.5 Å². The molecule has 0 radical (unpaired) electrons. The molecule has 0 aromatic heterocycles. The highest BCUT2D eigenvalue weighted by molar-refractivity contribution is 5.82. The number of carbonyl (C=O) groups excluding carboxylic acids is 1. The van der Waals surface area contributed by atoms with E-state index in [1.54, 1.807) is 0 Å². The molecule has 5 fully saturated rings. The third-order valence-electron chi connectivity index (χ3n) is 6.18. The van der Waals surface area contributed by atoms with Gasteiger partial charge in [-0.15, -0.1) is 0 Å². The zero-order valence-electron chi connectivity index (χ0n) is 11.1. The van der Waals surface area contributed by atoms with E-state index >= 15 is 0 Å². The van der Waals surface area contributed by atoms with Crippen molar-refractivity contribution in [2.45, 2.75) is 50.5 Å².